The minimum absolute atomic E-state index is 0.128. The van der Waals surface area contributed by atoms with Gasteiger partial charge in [-0.05, 0) is 49.2 Å². The number of nitrogens with zero attached hydrogens (tertiary/aromatic N) is 1. The lowest BCUT2D eigenvalue weighted by Crippen LogP contribution is -2.23. The van der Waals surface area contributed by atoms with E-state index in [4.69, 9.17) is 0 Å². The topological polar surface area (TPSA) is 24.9 Å². The molecule has 0 radical (unpaired) electrons. The van der Waals surface area contributed by atoms with Crippen molar-refractivity contribution in [1.82, 2.24) is 10.3 Å². The highest BCUT2D eigenvalue weighted by Gasteiger charge is 2.31. The Labute approximate surface area is 116 Å². The lowest BCUT2D eigenvalue weighted by Gasteiger charge is -2.24. The second-order valence-electron chi connectivity index (χ2n) is 5.16. The zero-order valence-electron chi connectivity index (χ0n) is 11.2. The van der Waals surface area contributed by atoms with E-state index in [2.05, 4.69) is 16.4 Å². The third-order valence-electron chi connectivity index (χ3n) is 3.96. The number of halogens is 2. The first-order valence-corrected chi connectivity index (χ1v) is 6.76. The highest BCUT2D eigenvalue weighted by Crippen LogP contribution is 2.40. The lowest BCUT2D eigenvalue weighted by molar-refractivity contribution is 0.463. The summed E-state index contributed by atoms with van der Waals surface area (Å²) in [6, 6.07) is 7.56. The summed E-state index contributed by atoms with van der Waals surface area (Å²) in [5, 5.41) is 3.18. The Balaban J connectivity index is 1.99. The largest absolute Gasteiger partial charge is 0.312 e. The molecule has 0 fully saturated rings. The van der Waals surface area contributed by atoms with Crippen molar-refractivity contribution >= 4 is 0 Å². The number of fused-ring (bicyclic) bond motifs is 1. The first kappa shape index (κ1) is 13.2. The van der Waals surface area contributed by atoms with Crippen molar-refractivity contribution in [2.45, 2.75) is 24.8 Å². The van der Waals surface area contributed by atoms with E-state index in [-0.39, 0.29) is 12.0 Å². The second kappa shape index (κ2) is 5.29. The molecule has 1 heterocycles. The van der Waals surface area contributed by atoms with Crippen LogP contribution in [0.2, 0.25) is 0 Å². The first-order valence-electron chi connectivity index (χ1n) is 6.76. The Kier molecular flexibility index (Phi) is 3.49. The molecule has 1 N–H and O–H groups in total. The van der Waals surface area contributed by atoms with Crippen LogP contribution in [-0.4, -0.2) is 12.0 Å². The fourth-order valence-corrected chi connectivity index (χ4v) is 3.12. The van der Waals surface area contributed by atoms with Gasteiger partial charge in [0.05, 0.1) is 0 Å². The fourth-order valence-electron chi connectivity index (χ4n) is 3.12. The predicted molar refractivity (Wildman–Crippen MR) is 73.5 cm³/mol. The highest BCUT2D eigenvalue weighted by atomic mass is 19.1. The van der Waals surface area contributed by atoms with Gasteiger partial charge in [0, 0.05) is 29.9 Å². The summed E-state index contributed by atoms with van der Waals surface area (Å²) >= 11 is 0. The lowest BCUT2D eigenvalue weighted by atomic mass is 9.90. The second-order valence-corrected chi connectivity index (χ2v) is 5.16. The van der Waals surface area contributed by atoms with E-state index in [1.807, 2.05) is 13.1 Å². The van der Waals surface area contributed by atoms with Gasteiger partial charge in [-0.25, -0.2) is 8.78 Å². The van der Waals surface area contributed by atoms with Crippen molar-refractivity contribution in [3.05, 3.63) is 65.0 Å². The number of benzene rings is 1. The number of rotatable bonds is 3. The minimum atomic E-state index is -0.542. The molecule has 1 aromatic carbocycles. The number of likely N-dealkylation sites (N-methyl/N-ethyl adjacent to an activating group) is 1. The number of aromatic nitrogens is 1. The average molecular weight is 274 g/mol. The van der Waals surface area contributed by atoms with Crippen LogP contribution in [0.1, 0.15) is 35.2 Å². The van der Waals surface area contributed by atoms with Gasteiger partial charge in [-0.15, -0.1) is 0 Å². The van der Waals surface area contributed by atoms with Crippen molar-refractivity contribution in [2.24, 2.45) is 0 Å². The molecule has 4 heteroatoms. The molecule has 1 aromatic heterocycles. The molecule has 0 amide bonds. The Morgan fingerprint density at radius 2 is 2.00 bits per heavy atom. The number of aryl methyl sites for hydroxylation is 1. The standard InChI is InChI=1S/C16H16F2N2/c1-19-15(11-7-12(17)9-13(18)8-11)14-5-4-10-3-2-6-20-16(10)14/h2-3,6-9,14-15,19H,4-5H2,1H3. The van der Waals surface area contributed by atoms with Crippen LogP contribution in [-0.2, 0) is 6.42 Å². The minimum Gasteiger partial charge on any atom is -0.312 e. The molecule has 0 aliphatic heterocycles. The van der Waals surface area contributed by atoms with Gasteiger partial charge >= 0.3 is 0 Å². The third kappa shape index (κ3) is 2.31. The summed E-state index contributed by atoms with van der Waals surface area (Å²) in [4.78, 5) is 4.45. The fraction of sp³-hybridized carbons (Fsp3) is 0.312. The van der Waals surface area contributed by atoms with E-state index in [0.29, 0.717) is 5.56 Å². The number of nitrogens with one attached hydrogen (secondary N) is 1. The Morgan fingerprint density at radius 1 is 1.25 bits per heavy atom. The maximum absolute atomic E-state index is 13.4. The monoisotopic (exact) mass is 274 g/mol. The Hall–Kier alpha value is -1.81. The van der Waals surface area contributed by atoms with Crippen LogP contribution >= 0.6 is 0 Å². The molecule has 0 saturated heterocycles. The van der Waals surface area contributed by atoms with Gasteiger partial charge in [0.25, 0.3) is 0 Å². The SMILES string of the molecule is CNC(c1cc(F)cc(F)c1)C1CCc2cccnc21. The molecule has 2 aromatic rings. The van der Waals surface area contributed by atoms with Gasteiger partial charge in [0.1, 0.15) is 11.6 Å². The quantitative estimate of drug-likeness (QED) is 0.928. The molecule has 2 nitrogen and oxygen atoms in total. The van der Waals surface area contributed by atoms with Crippen molar-refractivity contribution in [2.75, 3.05) is 7.05 Å². The van der Waals surface area contributed by atoms with Crippen molar-refractivity contribution in [3.8, 4) is 0 Å². The van der Waals surface area contributed by atoms with E-state index in [0.717, 1.165) is 24.6 Å². The van der Waals surface area contributed by atoms with E-state index in [9.17, 15) is 8.78 Å². The Bertz CT molecular complexity index is 607. The number of hydrogen-bond donors (Lipinski definition) is 1. The van der Waals surface area contributed by atoms with Gasteiger partial charge in [-0.2, -0.15) is 0 Å². The van der Waals surface area contributed by atoms with Crippen LogP contribution in [0, 0.1) is 11.6 Å². The summed E-state index contributed by atoms with van der Waals surface area (Å²) in [5.41, 5.74) is 2.90. The molecular weight excluding hydrogens is 258 g/mol. The molecule has 2 atom stereocenters. The van der Waals surface area contributed by atoms with E-state index in [1.165, 1.54) is 17.7 Å². The third-order valence-corrected chi connectivity index (χ3v) is 3.96. The van der Waals surface area contributed by atoms with Crippen molar-refractivity contribution in [3.63, 3.8) is 0 Å². The highest BCUT2D eigenvalue weighted by molar-refractivity contribution is 5.33. The van der Waals surface area contributed by atoms with Crippen molar-refractivity contribution in [1.29, 1.82) is 0 Å². The summed E-state index contributed by atoms with van der Waals surface area (Å²) in [7, 11) is 1.81. The average Bonchev–Trinajstić information content (AvgIpc) is 2.83. The van der Waals surface area contributed by atoms with E-state index >= 15 is 0 Å². The molecule has 20 heavy (non-hydrogen) atoms. The van der Waals surface area contributed by atoms with Crippen LogP contribution in [0.3, 0.4) is 0 Å². The van der Waals surface area contributed by atoms with Gasteiger partial charge in [-0.1, -0.05) is 6.07 Å². The molecule has 0 bridgehead atoms. The van der Waals surface area contributed by atoms with Crippen LogP contribution in [0.4, 0.5) is 8.78 Å². The zero-order chi connectivity index (χ0) is 14.1. The van der Waals surface area contributed by atoms with Crippen LogP contribution < -0.4 is 5.32 Å². The van der Waals surface area contributed by atoms with Crippen LogP contribution in [0.25, 0.3) is 0 Å². The first-order chi connectivity index (χ1) is 9.69. The smallest absolute Gasteiger partial charge is 0.126 e. The van der Waals surface area contributed by atoms with Gasteiger partial charge in [0.2, 0.25) is 0 Å². The molecular formula is C16H16F2N2. The molecule has 1 aliphatic carbocycles. The molecule has 3 rings (SSSR count). The predicted octanol–water partition coefficient (Wildman–Crippen LogP) is 3.35. The van der Waals surface area contributed by atoms with Crippen LogP contribution in [0.5, 0.6) is 0 Å². The molecule has 104 valence electrons. The summed E-state index contributed by atoms with van der Waals surface area (Å²) in [5.74, 6) is -0.934. The van der Waals surface area contributed by atoms with Crippen molar-refractivity contribution < 1.29 is 8.78 Å². The summed E-state index contributed by atoms with van der Waals surface area (Å²) < 4.78 is 26.8. The van der Waals surface area contributed by atoms with E-state index in [1.54, 1.807) is 6.20 Å². The summed E-state index contributed by atoms with van der Waals surface area (Å²) in [6.07, 6.45) is 3.68. The van der Waals surface area contributed by atoms with Crippen LogP contribution in [0.15, 0.2) is 36.5 Å². The zero-order valence-corrected chi connectivity index (χ0v) is 11.2. The maximum Gasteiger partial charge on any atom is 0.126 e. The normalized spacial score (nSPS) is 18.9. The number of pyridine rings is 1. The maximum atomic E-state index is 13.4. The number of hydrogen-bond acceptors (Lipinski definition) is 2. The van der Waals surface area contributed by atoms with Gasteiger partial charge < -0.3 is 5.32 Å². The van der Waals surface area contributed by atoms with Gasteiger partial charge in [-0.3, -0.25) is 4.98 Å². The van der Waals surface area contributed by atoms with E-state index < -0.39 is 11.6 Å². The molecule has 2 unspecified atom stereocenters. The molecule has 1 aliphatic rings. The Morgan fingerprint density at radius 3 is 2.70 bits per heavy atom. The van der Waals surface area contributed by atoms with Gasteiger partial charge in [0.15, 0.2) is 0 Å². The molecule has 0 saturated carbocycles. The molecule has 0 spiro atoms. The summed E-state index contributed by atoms with van der Waals surface area (Å²) in [6.45, 7) is 0.